The van der Waals surface area contributed by atoms with Crippen LogP contribution in [-0.2, 0) is 19.1 Å². The summed E-state index contributed by atoms with van der Waals surface area (Å²) in [7, 11) is 0. The lowest BCUT2D eigenvalue weighted by molar-refractivity contribution is -0.206. The van der Waals surface area contributed by atoms with Crippen molar-refractivity contribution in [2.75, 3.05) is 13.2 Å². The van der Waals surface area contributed by atoms with Gasteiger partial charge in [0.1, 0.15) is 17.2 Å². The Labute approximate surface area is 161 Å². The largest absolute Gasteiger partial charge is 0.484 e. The quantitative estimate of drug-likeness (QED) is 0.526. The number of aliphatic carboxylic acids is 1. The highest BCUT2D eigenvalue weighted by Crippen LogP contribution is 2.55. The third kappa shape index (κ3) is 3.25. The van der Waals surface area contributed by atoms with Gasteiger partial charge in [0.2, 0.25) is 0 Å². The zero-order valence-electron chi connectivity index (χ0n) is 15.3. The molecule has 0 aromatic heterocycles. The Balaban J connectivity index is 1.74. The van der Waals surface area contributed by atoms with Gasteiger partial charge in [-0.05, 0) is 32.9 Å². The van der Waals surface area contributed by atoms with Gasteiger partial charge in [-0.2, -0.15) is 0 Å². The van der Waals surface area contributed by atoms with Crippen LogP contribution < -0.4 is 10.1 Å². The SMILES string of the molecule is CCO[C@]1(NC(=O)COc2ccccc2)C(=O)N2[C@@H](C(=O)O)C(C)(C)S[C@@H]21. The second-order valence-electron chi connectivity index (χ2n) is 6.85. The fourth-order valence-electron chi connectivity index (χ4n) is 3.45. The summed E-state index contributed by atoms with van der Waals surface area (Å²) in [4.78, 5) is 38.2. The molecular formula is C18H22N2O6S. The van der Waals surface area contributed by atoms with Gasteiger partial charge in [-0.15, -0.1) is 11.8 Å². The van der Waals surface area contributed by atoms with E-state index in [2.05, 4.69) is 5.32 Å². The highest BCUT2D eigenvalue weighted by atomic mass is 32.2. The fraction of sp³-hybridized carbons (Fsp3) is 0.500. The van der Waals surface area contributed by atoms with Crippen LogP contribution in [0.2, 0.25) is 0 Å². The van der Waals surface area contributed by atoms with E-state index in [1.807, 2.05) is 6.07 Å². The number of hydrogen-bond donors (Lipinski definition) is 2. The summed E-state index contributed by atoms with van der Waals surface area (Å²) in [5.41, 5.74) is -1.57. The van der Waals surface area contributed by atoms with E-state index >= 15 is 0 Å². The van der Waals surface area contributed by atoms with Crippen molar-refractivity contribution in [2.45, 2.75) is 42.7 Å². The molecule has 2 aliphatic heterocycles. The number of benzene rings is 1. The molecule has 0 bridgehead atoms. The number of thioether (sulfide) groups is 1. The number of carbonyl (C=O) groups excluding carboxylic acids is 2. The van der Waals surface area contributed by atoms with Crippen LogP contribution in [0.4, 0.5) is 0 Å². The Kier molecular flexibility index (Phi) is 5.09. The van der Waals surface area contributed by atoms with E-state index in [0.717, 1.165) is 0 Å². The van der Waals surface area contributed by atoms with Crippen molar-refractivity contribution < 1.29 is 29.0 Å². The van der Waals surface area contributed by atoms with Gasteiger partial charge in [-0.1, -0.05) is 18.2 Å². The molecule has 2 fully saturated rings. The van der Waals surface area contributed by atoms with Gasteiger partial charge in [0.05, 0.1) is 0 Å². The summed E-state index contributed by atoms with van der Waals surface area (Å²) < 4.78 is 10.3. The fourth-order valence-corrected chi connectivity index (χ4v) is 5.09. The predicted octanol–water partition coefficient (Wildman–Crippen LogP) is 1.06. The van der Waals surface area contributed by atoms with Crippen molar-refractivity contribution in [2.24, 2.45) is 0 Å². The third-order valence-corrected chi connectivity index (χ3v) is 6.16. The normalized spacial score (nSPS) is 28.3. The summed E-state index contributed by atoms with van der Waals surface area (Å²) in [5.74, 6) is -1.61. The molecular weight excluding hydrogens is 372 g/mol. The van der Waals surface area contributed by atoms with E-state index in [4.69, 9.17) is 9.47 Å². The first kappa shape index (κ1) is 19.5. The number of fused-ring (bicyclic) bond motifs is 1. The zero-order valence-corrected chi connectivity index (χ0v) is 16.1. The number of β-lactam (4-membered cyclic amide) rings is 1. The molecule has 8 nitrogen and oxygen atoms in total. The molecule has 2 aliphatic rings. The molecule has 3 rings (SSSR count). The van der Waals surface area contributed by atoms with Gasteiger partial charge in [0, 0.05) is 11.4 Å². The first-order chi connectivity index (χ1) is 12.7. The second-order valence-corrected chi connectivity index (χ2v) is 8.58. The Morgan fingerprint density at radius 2 is 1.96 bits per heavy atom. The lowest BCUT2D eigenvalue weighted by Gasteiger charge is -2.51. The van der Waals surface area contributed by atoms with Crippen molar-refractivity contribution >= 4 is 29.5 Å². The van der Waals surface area contributed by atoms with Crippen LogP contribution in [0.25, 0.3) is 0 Å². The highest BCUT2D eigenvalue weighted by molar-refractivity contribution is 8.01. The maximum absolute atomic E-state index is 12.8. The molecule has 1 aromatic carbocycles. The van der Waals surface area contributed by atoms with Crippen LogP contribution in [0.15, 0.2) is 30.3 Å². The molecule has 1 aromatic rings. The Hall–Kier alpha value is -2.26. The topological polar surface area (TPSA) is 105 Å². The van der Waals surface area contributed by atoms with Crippen LogP contribution in [0.3, 0.4) is 0 Å². The minimum atomic E-state index is -1.57. The minimum Gasteiger partial charge on any atom is -0.484 e. The molecule has 0 unspecified atom stereocenters. The van der Waals surface area contributed by atoms with Gasteiger partial charge in [0.15, 0.2) is 6.61 Å². The van der Waals surface area contributed by atoms with Crippen LogP contribution >= 0.6 is 11.8 Å². The van der Waals surface area contributed by atoms with Gasteiger partial charge in [-0.3, -0.25) is 9.59 Å². The molecule has 0 aliphatic carbocycles. The predicted molar refractivity (Wildman–Crippen MR) is 98.2 cm³/mol. The number of ether oxygens (including phenoxy) is 2. The standard InChI is InChI=1S/C18H22N2O6S/c1-4-26-18(19-12(21)10-25-11-8-6-5-7-9-11)15(24)20-13(14(22)23)17(2,3)27-16(18)20/h5-9,13,16H,4,10H2,1-3H3,(H,19,21)(H,22,23)/t13-,16+,18+/m0/s1. The lowest BCUT2D eigenvalue weighted by Crippen LogP contribution is -2.80. The van der Waals surface area contributed by atoms with E-state index < -0.39 is 39.7 Å². The van der Waals surface area contributed by atoms with Crippen LogP contribution in [0.5, 0.6) is 5.75 Å². The summed E-state index contributed by atoms with van der Waals surface area (Å²) in [6.07, 6.45) is 0. The van der Waals surface area contributed by atoms with Crippen molar-refractivity contribution in [1.29, 1.82) is 0 Å². The van der Waals surface area contributed by atoms with Crippen molar-refractivity contribution in [3.05, 3.63) is 30.3 Å². The zero-order chi connectivity index (χ0) is 19.8. The Bertz CT molecular complexity index is 755. The maximum atomic E-state index is 12.8. The molecule has 0 spiro atoms. The van der Waals surface area contributed by atoms with Crippen LogP contribution in [-0.4, -0.2) is 62.9 Å². The van der Waals surface area contributed by atoms with Crippen molar-refractivity contribution in [3.8, 4) is 5.75 Å². The monoisotopic (exact) mass is 394 g/mol. The average Bonchev–Trinajstić information content (AvgIpc) is 2.89. The Morgan fingerprint density at radius 1 is 1.30 bits per heavy atom. The first-order valence-electron chi connectivity index (χ1n) is 8.59. The summed E-state index contributed by atoms with van der Waals surface area (Å²) in [6.45, 7) is 5.14. The number of nitrogens with one attached hydrogen (secondary N) is 1. The molecule has 3 atom stereocenters. The number of hydrogen-bond acceptors (Lipinski definition) is 6. The van der Waals surface area contributed by atoms with Gasteiger partial charge < -0.3 is 24.8 Å². The third-order valence-electron chi connectivity index (χ3n) is 4.55. The smallest absolute Gasteiger partial charge is 0.327 e. The number of rotatable bonds is 7. The molecule has 2 heterocycles. The molecule has 0 radical (unpaired) electrons. The molecule has 9 heteroatoms. The van der Waals surface area contributed by atoms with Crippen LogP contribution in [0, 0.1) is 0 Å². The first-order valence-corrected chi connectivity index (χ1v) is 9.47. The number of carboxylic acids is 1. The van der Waals surface area contributed by atoms with Gasteiger partial charge >= 0.3 is 5.97 Å². The summed E-state index contributed by atoms with van der Waals surface area (Å²) in [6, 6.07) is 7.85. The number of amides is 2. The Morgan fingerprint density at radius 3 is 2.56 bits per heavy atom. The molecule has 27 heavy (non-hydrogen) atoms. The van der Waals surface area contributed by atoms with E-state index in [1.54, 1.807) is 45.0 Å². The van der Waals surface area contributed by atoms with E-state index in [-0.39, 0.29) is 13.2 Å². The highest BCUT2D eigenvalue weighted by Gasteiger charge is 2.73. The number of carboxylic acid groups (broad SMARTS) is 1. The summed E-state index contributed by atoms with van der Waals surface area (Å²) >= 11 is 1.30. The molecule has 146 valence electrons. The molecule has 0 saturated carbocycles. The summed E-state index contributed by atoms with van der Waals surface area (Å²) in [5, 5.41) is 11.5. The van der Waals surface area contributed by atoms with E-state index in [1.165, 1.54) is 16.7 Å². The van der Waals surface area contributed by atoms with Gasteiger partial charge in [0.25, 0.3) is 17.5 Å². The van der Waals surface area contributed by atoms with Crippen LogP contribution in [0.1, 0.15) is 20.8 Å². The number of nitrogens with zero attached hydrogens (tertiary/aromatic N) is 1. The maximum Gasteiger partial charge on any atom is 0.327 e. The lowest BCUT2D eigenvalue weighted by atomic mass is 9.93. The van der Waals surface area contributed by atoms with E-state index in [0.29, 0.717) is 5.75 Å². The van der Waals surface area contributed by atoms with Crippen molar-refractivity contribution in [3.63, 3.8) is 0 Å². The molecule has 2 saturated heterocycles. The minimum absolute atomic E-state index is 0.189. The number of carbonyl (C=O) groups is 3. The number of para-hydroxylation sites is 1. The van der Waals surface area contributed by atoms with Gasteiger partial charge in [-0.25, -0.2) is 4.79 Å². The van der Waals surface area contributed by atoms with Crippen molar-refractivity contribution in [1.82, 2.24) is 10.2 Å². The molecule has 2 N–H and O–H groups in total. The second kappa shape index (κ2) is 7.05. The van der Waals surface area contributed by atoms with E-state index in [9.17, 15) is 19.5 Å². The average molecular weight is 394 g/mol. The molecule has 2 amide bonds.